The van der Waals surface area contributed by atoms with Gasteiger partial charge in [0, 0.05) is 0 Å². The van der Waals surface area contributed by atoms with Crippen LogP contribution in [0.25, 0.3) is 11.2 Å². The number of nitrogens with two attached hydrogens (primary N) is 3. The van der Waals surface area contributed by atoms with Gasteiger partial charge >= 0.3 is 0 Å². The molecule has 160 valence electrons. The highest BCUT2D eigenvalue weighted by atomic mass is 35.5. The number of hydrazine groups is 1. The first kappa shape index (κ1) is 19.5. The minimum atomic E-state index is -1.57. The van der Waals surface area contributed by atoms with E-state index in [1.807, 2.05) is 0 Å². The number of ether oxygens (including phenoxy) is 3. The van der Waals surface area contributed by atoms with Crippen LogP contribution in [0.1, 0.15) is 5.76 Å². The summed E-state index contributed by atoms with van der Waals surface area (Å²) in [5.74, 6) is 7.06. The Hall–Kier alpha value is -2.45. The molecule has 0 amide bonds. The lowest BCUT2D eigenvalue weighted by atomic mass is 9.96. The van der Waals surface area contributed by atoms with Crippen molar-refractivity contribution in [1.82, 2.24) is 15.0 Å². The fourth-order valence-electron chi connectivity index (χ4n) is 3.65. The first-order valence-corrected chi connectivity index (χ1v) is 9.49. The molecule has 0 saturated carbocycles. The molecule has 2 aliphatic rings. The summed E-state index contributed by atoms with van der Waals surface area (Å²) in [6.07, 6.45) is -0.321. The quantitative estimate of drug-likeness (QED) is 0.257. The number of furan rings is 1. The Morgan fingerprint density at radius 2 is 2.10 bits per heavy atom. The number of aliphatic hydroxyl groups excluding tert-OH is 1. The lowest BCUT2D eigenvalue weighted by Gasteiger charge is -2.34. The molecule has 5 rings (SSSR count). The number of rotatable bonds is 5. The summed E-state index contributed by atoms with van der Waals surface area (Å²) >= 11 is 6.34. The van der Waals surface area contributed by atoms with Gasteiger partial charge in [0.2, 0.25) is 5.72 Å². The third-order valence-electron chi connectivity index (χ3n) is 5.36. The van der Waals surface area contributed by atoms with Gasteiger partial charge in [0.25, 0.3) is 6.01 Å². The fraction of sp³-hybridized carbons (Fsp3) is 0.412. The van der Waals surface area contributed by atoms with Crippen LogP contribution >= 0.6 is 11.6 Å². The Bertz CT molecular complexity index is 1080. The highest BCUT2D eigenvalue weighted by Gasteiger charge is 2.68. The van der Waals surface area contributed by atoms with Crippen LogP contribution in [0.4, 0.5) is 5.82 Å². The molecule has 12 nitrogen and oxygen atoms in total. The van der Waals surface area contributed by atoms with E-state index in [2.05, 4.69) is 15.0 Å². The Kier molecular flexibility index (Phi) is 4.41. The summed E-state index contributed by atoms with van der Waals surface area (Å²) < 4.78 is 22.1. The number of aromatic amines is 1. The maximum atomic E-state index is 10.0. The van der Waals surface area contributed by atoms with E-state index in [1.54, 1.807) is 24.5 Å². The number of H-pyrrole nitrogens is 1. The predicted octanol–water partition coefficient (Wildman–Crippen LogP) is -0.437. The van der Waals surface area contributed by atoms with Crippen LogP contribution in [0.3, 0.4) is 0 Å². The number of imidazole rings is 1. The summed E-state index contributed by atoms with van der Waals surface area (Å²) in [4.78, 5) is 11.7. The minimum absolute atomic E-state index is 0.0142. The van der Waals surface area contributed by atoms with Crippen LogP contribution in [0.15, 0.2) is 28.9 Å². The topological polar surface area (TPSA) is 184 Å². The number of halogens is 1. The van der Waals surface area contributed by atoms with E-state index in [0.29, 0.717) is 27.8 Å². The van der Waals surface area contributed by atoms with Crippen LogP contribution in [-0.4, -0.2) is 56.9 Å². The van der Waals surface area contributed by atoms with Gasteiger partial charge in [0.15, 0.2) is 23.3 Å². The predicted molar refractivity (Wildman–Crippen MR) is 104 cm³/mol. The third kappa shape index (κ3) is 2.85. The van der Waals surface area contributed by atoms with Crippen LogP contribution in [-0.2, 0) is 16.0 Å². The van der Waals surface area contributed by atoms with Crippen LogP contribution in [0.5, 0.6) is 6.01 Å². The zero-order valence-electron chi connectivity index (χ0n) is 15.6. The highest BCUT2D eigenvalue weighted by molar-refractivity contribution is 6.33. The van der Waals surface area contributed by atoms with Gasteiger partial charge in [-0.25, -0.2) is 10.8 Å². The summed E-state index contributed by atoms with van der Waals surface area (Å²) in [6, 6.07) is 5.30. The van der Waals surface area contributed by atoms with Crippen molar-refractivity contribution in [1.29, 1.82) is 0 Å². The Labute approximate surface area is 174 Å². The Balaban J connectivity index is 1.39. The van der Waals surface area contributed by atoms with Crippen molar-refractivity contribution < 1.29 is 23.7 Å². The number of nitrogens with zero attached hydrogens (tertiary/aromatic N) is 3. The lowest BCUT2D eigenvalue weighted by Crippen LogP contribution is -2.69. The van der Waals surface area contributed by atoms with Crippen molar-refractivity contribution in [3.05, 3.63) is 35.2 Å². The second-order valence-corrected chi connectivity index (χ2v) is 7.65. The number of hydrogen-bond donors (Lipinski definition) is 5. The van der Waals surface area contributed by atoms with E-state index in [9.17, 15) is 5.11 Å². The molecule has 4 atom stereocenters. The van der Waals surface area contributed by atoms with Gasteiger partial charge in [-0.05, 0) is 18.2 Å². The van der Waals surface area contributed by atoms with E-state index in [1.165, 1.54) is 5.01 Å². The maximum absolute atomic E-state index is 10.0. The third-order valence-corrected chi connectivity index (χ3v) is 5.63. The molecule has 2 saturated heterocycles. The Morgan fingerprint density at radius 1 is 1.30 bits per heavy atom. The number of pyridine rings is 1. The molecule has 0 aromatic carbocycles. The summed E-state index contributed by atoms with van der Waals surface area (Å²) in [5.41, 5.74) is 10.1. The SMILES string of the molecule is NN(Cc1ccco1)c1nc2nc(O[C@@H]3CO[C@]4(N)[C@H](O)CO[C@]34N)[nH]c2cc1Cl. The van der Waals surface area contributed by atoms with Crippen molar-refractivity contribution in [2.75, 3.05) is 18.2 Å². The molecule has 13 heteroatoms. The number of aliphatic hydroxyl groups is 1. The molecule has 0 aliphatic carbocycles. The van der Waals surface area contributed by atoms with Gasteiger partial charge in [0.1, 0.15) is 11.9 Å². The van der Waals surface area contributed by atoms with E-state index in [4.69, 9.17) is 47.5 Å². The van der Waals surface area contributed by atoms with Crippen LogP contribution in [0, 0.1) is 0 Å². The van der Waals surface area contributed by atoms with Crippen molar-refractivity contribution in [3.8, 4) is 6.01 Å². The molecule has 30 heavy (non-hydrogen) atoms. The van der Waals surface area contributed by atoms with E-state index in [0.717, 1.165) is 0 Å². The zero-order valence-corrected chi connectivity index (χ0v) is 16.4. The summed E-state index contributed by atoms with van der Waals surface area (Å²) in [6.45, 7) is 0.224. The molecule has 0 radical (unpaired) electrons. The van der Waals surface area contributed by atoms with Crippen molar-refractivity contribution >= 4 is 28.6 Å². The average molecular weight is 438 g/mol. The second kappa shape index (κ2) is 6.78. The smallest absolute Gasteiger partial charge is 0.296 e. The van der Waals surface area contributed by atoms with E-state index < -0.39 is 23.7 Å². The van der Waals surface area contributed by atoms with Crippen LogP contribution in [0.2, 0.25) is 5.02 Å². The molecule has 2 aliphatic heterocycles. The first-order valence-electron chi connectivity index (χ1n) is 9.11. The van der Waals surface area contributed by atoms with Gasteiger partial charge in [0.05, 0.1) is 36.6 Å². The summed E-state index contributed by atoms with van der Waals surface area (Å²) in [5, 5.41) is 11.7. The molecular weight excluding hydrogens is 418 g/mol. The molecule has 2 fully saturated rings. The first-order chi connectivity index (χ1) is 14.3. The molecule has 0 unspecified atom stereocenters. The van der Waals surface area contributed by atoms with Crippen molar-refractivity contribution in [2.24, 2.45) is 17.3 Å². The van der Waals surface area contributed by atoms with Gasteiger partial charge in [-0.3, -0.25) is 16.5 Å². The van der Waals surface area contributed by atoms with Gasteiger partial charge in [-0.2, -0.15) is 4.98 Å². The lowest BCUT2D eigenvalue weighted by molar-refractivity contribution is -0.119. The van der Waals surface area contributed by atoms with Crippen molar-refractivity contribution in [2.45, 2.75) is 30.2 Å². The average Bonchev–Trinajstić information content (AvgIpc) is 3.44. The second-order valence-electron chi connectivity index (χ2n) is 7.24. The normalized spacial score (nSPS) is 30.7. The molecule has 3 aromatic heterocycles. The fourth-order valence-corrected chi connectivity index (χ4v) is 3.91. The van der Waals surface area contributed by atoms with Gasteiger partial charge in [-0.15, -0.1) is 0 Å². The molecular formula is C17H20ClN7O5. The zero-order chi connectivity index (χ0) is 21.1. The molecule has 3 aromatic rings. The highest BCUT2D eigenvalue weighted by Crippen LogP contribution is 2.41. The molecule has 8 N–H and O–H groups in total. The van der Waals surface area contributed by atoms with Crippen molar-refractivity contribution in [3.63, 3.8) is 0 Å². The monoisotopic (exact) mass is 437 g/mol. The number of fused-ring (bicyclic) bond motifs is 2. The molecule has 0 bridgehead atoms. The number of aromatic nitrogens is 3. The van der Waals surface area contributed by atoms with E-state index in [-0.39, 0.29) is 25.8 Å². The Morgan fingerprint density at radius 3 is 2.87 bits per heavy atom. The summed E-state index contributed by atoms with van der Waals surface area (Å²) in [7, 11) is 0. The number of hydrogen-bond acceptors (Lipinski definition) is 11. The largest absolute Gasteiger partial charge is 0.467 e. The standard InChI is InChI=1S/C17H20ClN7O5/c18-9-4-10-13(23-14(9)25(21)5-8-2-1-3-27-8)24-15(22-10)30-12-7-29-16(19)11(26)6-28-17(12,16)20/h1-4,11-12,26H,5-7,19-21H2,(H,22,23,24)/t11-,12-,16-,17-/m1/s1. The van der Waals surface area contributed by atoms with Gasteiger partial charge < -0.3 is 28.7 Å². The van der Waals surface area contributed by atoms with Gasteiger partial charge in [-0.1, -0.05) is 11.6 Å². The minimum Gasteiger partial charge on any atom is -0.467 e. The number of anilines is 1. The molecule has 0 spiro atoms. The molecule has 5 heterocycles. The van der Waals surface area contributed by atoms with Crippen LogP contribution < -0.4 is 27.1 Å². The maximum Gasteiger partial charge on any atom is 0.296 e. The number of nitrogens with one attached hydrogen (secondary N) is 1. The van der Waals surface area contributed by atoms with E-state index >= 15 is 0 Å².